The van der Waals surface area contributed by atoms with Crippen LogP contribution in [0.1, 0.15) is 44.9 Å². The van der Waals surface area contributed by atoms with Gasteiger partial charge in [-0.05, 0) is 56.7 Å². The van der Waals surface area contributed by atoms with Gasteiger partial charge in [-0.1, -0.05) is 19.3 Å². The average molecular weight is 222 g/mol. The van der Waals surface area contributed by atoms with E-state index in [1.165, 1.54) is 77.7 Å². The summed E-state index contributed by atoms with van der Waals surface area (Å²) in [5, 5.41) is 3.61. The van der Waals surface area contributed by atoms with E-state index in [1.807, 2.05) is 0 Å². The highest BCUT2D eigenvalue weighted by molar-refractivity contribution is 4.95. The largest absolute Gasteiger partial charge is 0.316 e. The highest BCUT2D eigenvalue weighted by Gasteiger charge is 2.40. The Balaban J connectivity index is 1.58. The first-order valence-electron chi connectivity index (χ1n) is 7.29. The first-order chi connectivity index (χ1) is 7.86. The lowest BCUT2D eigenvalue weighted by atomic mass is 9.80. The fourth-order valence-corrected chi connectivity index (χ4v) is 3.70. The fraction of sp³-hybridized carbons (Fsp3) is 1.00. The molecule has 2 heteroatoms. The molecule has 2 nitrogen and oxygen atoms in total. The molecule has 16 heavy (non-hydrogen) atoms. The molecule has 0 aromatic carbocycles. The quantitative estimate of drug-likeness (QED) is 0.785. The van der Waals surface area contributed by atoms with Gasteiger partial charge in [0.25, 0.3) is 0 Å². The summed E-state index contributed by atoms with van der Waals surface area (Å²) in [5.74, 6) is 1.09. The molecule has 0 amide bonds. The third-order valence-electron chi connectivity index (χ3n) is 4.76. The summed E-state index contributed by atoms with van der Waals surface area (Å²) in [5.41, 5.74) is 0.651. The van der Waals surface area contributed by atoms with Gasteiger partial charge in [0.05, 0.1) is 0 Å². The minimum absolute atomic E-state index is 0.651. The summed E-state index contributed by atoms with van der Waals surface area (Å²) in [6, 6.07) is 0. The predicted molar refractivity (Wildman–Crippen MR) is 67.6 cm³/mol. The van der Waals surface area contributed by atoms with Crippen molar-refractivity contribution in [3.63, 3.8) is 0 Å². The Kier molecular flexibility index (Phi) is 3.21. The molecule has 0 bridgehead atoms. The molecule has 3 fully saturated rings. The number of hydrogen-bond acceptors (Lipinski definition) is 2. The molecule has 1 aliphatic carbocycles. The van der Waals surface area contributed by atoms with Gasteiger partial charge in [-0.25, -0.2) is 0 Å². The van der Waals surface area contributed by atoms with E-state index in [0.29, 0.717) is 5.41 Å². The maximum Gasteiger partial charge on any atom is 0.00507 e. The number of nitrogens with zero attached hydrogens (tertiary/aromatic N) is 1. The Morgan fingerprint density at radius 1 is 1.12 bits per heavy atom. The summed E-state index contributed by atoms with van der Waals surface area (Å²) in [7, 11) is 0. The van der Waals surface area contributed by atoms with Crippen LogP contribution >= 0.6 is 0 Å². The number of piperidine rings is 1. The Hall–Kier alpha value is -0.0800. The number of hydrogen-bond donors (Lipinski definition) is 1. The standard InChI is InChI=1S/C14H26N2/c1-2-8-16(9-3-1)12-14(6-7-15-11-14)10-13-4-5-13/h13,15H,1-12H2. The van der Waals surface area contributed by atoms with E-state index in [2.05, 4.69) is 10.2 Å². The van der Waals surface area contributed by atoms with Crippen LogP contribution in [0.4, 0.5) is 0 Å². The van der Waals surface area contributed by atoms with Crippen molar-refractivity contribution in [2.75, 3.05) is 32.7 Å². The molecule has 0 spiro atoms. The Bertz CT molecular complexity index is 223. The lowest BCUT2D eigenvalue weighted by Crippen LogP contribution is -2.42. The maximum atomic E-state index is 3.61. The van der Waals surface area contributed by atoms with Crippen LogP contribution in [0.2, 0.25) is 0 Å². The Morgan fingerprint density at radius 2 is 1.94 bits per heavy atom. The molecular weight excluding hydrogens is 196 g/mol. The minimum Gasteiger partial charge on any atom is -0.316 e. The maximum absolute atomic E-state index is 3.61. The van der Waals surface area contributed by atoms with Crippen molar-refractivity contribution in [2.45, 2.75) is 44.9 Å². The second-order valence-corrected chi connectivity index (χ2v) is 6.41. The van der Waals surface area contributed by atoms with E-state index in [-0.39, 0.29) is 0 Å². The SMILES string of the molecule is C1CCN(CC2(CC3CC3)CCNC2)CC1. The molecule has 0 aromatic heterocycles. The zero-order chi connectivity index (χ0) is 10.8. The van der Waals surface area contributed by atoms with Crippen LogP contribution < -0.4 is 5.32 Å². The second kappa shape index (κ2) is 4.66. The van der Waals surface area contributed by atoms with Crippen molar-refractivity contribution in [3.05, 3.63) is 0 Å². The fourth-order valence-electron chi connectivity index (χ4n) is 3.70. The number of nitrogens with one attached hydrogen (secondary N) is 1. The van der Waals surface area contributed by atoms with Crippen molar-refractivity contribution in [3.8, 4) is 0 Å². The monoisotopic (exact) mass is 222 g/mol. The van der Waals surface area contributed by atoms with Crippen LogP contribution in [-0.4, -0.2) is 37.6 Å². The molecule has 1 saturated carbocycles. The predicted octanol–water partition coefficient (Wildman–Crippen LogP) is 2.25. The van der Waals surface area contributed by atoms with Gasteiger partial charge in [0.1, 0.15) is 0 Å². The number of likely N-dealkylation sites (tertiary alicyclic amines) is 1. The van der Waals surface area contributed by atoms with E-state index in [4.69, 9.17) is 0 Å². The van der Waals surface area contributed by atoms with Crippen LogP contribution in [0.15, 0.2) is 0 Å². The van der Waals surface area contributed by atoms with E-state index >= 15 is 0 Å². The van der Waals surface area contributed by atoms with E-state index in [0.717, 1.165) is 5.92 Å². The molecule has 2 aliphatic heterocycles. The topological polar surface area (TPSA) is 15.3 Å². The summed E-state index contributed by atoms with van der Waals surface area (Å²) >= 11 is 0. The third-order valence-corrected chi connectivity index (χ3v) is 4.76. The molecule has 1 atom stereocenters. The first-order valence-corrected chi connectivity index (χ1v) is 7.29. The average Bonchev–Trinajstić information content (AvgIpc) is 2.99. The van der Waals surface area contributed by atoms with Crippen LogP contribution in [-0.2, 0) is 0 Å². The molecule has 2 heterocycles. The molecule has 92 valence electrons. The van der Waals surface area contributed by atoms with Gasteiger partial charge < -0.3 is 10.2 Å². The van der Waals surface area contributed by atoms with Gasteiger partial charge in [0.15, 0.2) is 0 Å². The summed E-state index contributed by atoms with van der Waals surface area (Å²) in [4.78, 5) is 2.75. The summed E-state index contributed by atoms with van der Waals surface area (Å²) < 4.78 is 0. The van der Waals surface area contributed by atoms with Gasteiger partial charge in [-0.2, -0.15) is 0 Å². The van der Waals surface area contributed by atoms with Gasteiger partial charge >= 0.3 is 0 Å². The summed E-state index contributed by atoms with van der Waals surface area (Å²) in [6.45, 7) is 6.68. The van der Waals surface area contributed by atoms with Crippen LogP contribution in [0, 0.1) is 11.3 Å². The van der Waals surface area contributed by atoms with Crippen molar-refractivity contribution in [1.29, 1.82) is 0 Å². The highest BCUT2D eigenvalue weighted by atomic mass is 15.1. The van der Waals surface area contributed by atoms with E-state index in [9.17, 15) is 0 Å². The van der Waals surface area contributed by atoms with Crippen molar-refractivity contribution < 1.29 is 0 Å². The van der Waals surface area contributed by atoms with Gasteiger partial charge in [0, 0.05) is 13.1 Å². The Labute approximate surface area is 99.8 Å². The van der Waals surface area contributed by atoms with Crippen LogP contribution in [0.3, 0.4) is 0 Å². The molecule has 0 radical (unpaired) electrons. The highest BCUT2D eigenvalue weighted by Crippen LogP contribution is 2.43. The molecular formula is C14H26N2. The van der Waals surface area contributed by atoms with E-state index in [1.54, 1.807) is 0 Å². The Morgan fingerprint density at radius 3 is 2.56 bits per heavy atom. The third kappa shape index (κ3) is 2.60. The lowest BCUT2D eigenvalue weighted by Gasteiger charge is -2.37. The molecule has 2 saturated heterocycles. The van der Waals surface area contributed by atoms with Crippen molar-refractivity contribution in [1.82, 2.24) is 10.2 Å². The molecule has 3 rings (SSSR count). The zero-order valence-electron chi connectivity index (χ0n) is 10.5. The van der Waals surface area contributed by atoms with Crippen molar-refractivity contribution in [2.24, 2.45) is 11.3 Å². The van der Waals surface area contributed by atoms with Gasteiger partial charge in [-0.15, -0.1) is 0 Å². The van der Waals surface area contributed by atoms with Gasteiger partial charge in [-0.3, -0.25) is 0 Å². The van der Waals surface area contributed by atoms with Crippen LogP contribution in [0.5, 0.6) is 0 Å². The zero-order valence-corrected chi connectivity index (χ0v) is 10.5. The summed E-state index contributed by atoms with van der Waals surface area (Å²) in [6.07, 6.45) is 10.3. The van der Waals surface area contributed by atoms with Crippen molar-refractivity contribution >= 4 is 0 Å². The second-order valence-electron chi connectivity index (χ2n) is 6.41. The van der Waals surface area contributed by atoms with Gasteiger partial charge in [0.2, 0.25) is 0 Å². The minimum atomic E-state index is 0.651. The molecule has 1 N–H and O–H groups in total. The normalized spacial score (nSPS) is 36.8. The molecule has 1 unspecified atom stereocenters. The molecule has 3 aliphatic rings. The lowest BCUT2D eigenvalue weighted by molar-refractivity contribution is 0.128. The van der Waals surface area contributed by atoms with E-state index < -0.39 is 0 Å². The molecule has 0 aromatic rings. The van der Waals surface area contributed by atoms with Crippen LogP contribution in [0.25, 0.3) is 0 Å². The smallest absolute Gasteiger partial charge is 0.00507 e. The number of rotatable bonds is 4. The first kappa shape index (κ1) is 11.0.